The topological polar surface area (TPSA) is 249 Å². The van der Waals surface area contributed by atoms with Crippen molar-refractivity contribution in [2.75, 3.05) is 11.5 Å². The van der Waals surface area contributed by atoms with Gasteiger partial charge in [-0.25, -0.2) is 9.26 Å². The molecule has 0 aliphatic carbocycles. The van der Waals surface area contributed by atoms with Crippen LogP contribution in [-0.4, -0.2) is 62.4 Å². The van der Waals surface area contributed by atoms with Gasteiger partial charge in [-0.15, -0.1) is 10.2 Å². The van der Waals surface area contributed by atoms with E-state index in [4.69, 9.17) is 11.5 Å². The summed E-state index contributed by atoms with van der Waals surface area (Å²) in [6, 6.07) is 0. The first-order valence-corrected chi connectivity index (χ1v) is 10.4. The van der Waals surface area contributed by atoms with Gasteiger partial charge in [0.15, 0.2) is 0 Å². The van der Waals surface area contributed by atoms with Crippen LogP contribution in [0.15, 0.2) is 21.7 Å². The molecule has 192 valence electrons. The number of hydrogen-bond acceptors (Lipinski definition) is 14. The lowest BCUT2D eigenvalue weighted by Gasteiger charge is -2.25. The van der Waals surface area contributed by atoms with Crippen LogP contribution in [0.2, 0.25) is 0 Å². The van der Waals surface area contributed by atoms with Crippen LogP contribution in [-0.2, 0) is 20.7 Å². The molecule has 0 unspecified atom stereocenters. The Balaban J connectivity index is 0.000000201. The number of hydrogen-bond donors (Lipinski definition) is 4. The van der Waals surface area contributed by atoms with Gasteiger partial charge in [0.25, 0.3) is 0 Å². The van der Waals surface area contributed by atoms with Gasteiger partial charge < -0.3 is 22.1 Å². The molecule has 0 aliphatic rings. The number of nitrogen functional groups attached to an aromatic ring is 2. The number of nitrogens with zero attached hydrogens (tertiary/aromatic N) is 10. The lowest BCUT2D eigenvalue weighted by molar-refractivity contribution is -0.121. The first-order valence-electron chi connectivity index (χ1n) is 10.4. The van der Waals surface area contributed by atoms with Gasteiger partial charge in [-0.2, -0.15) is 9.36 Å². The fourth-order valence-corrected chi connectivity index (χ4v) is 3.17. The second-order valence-electron chi connectivity index (χ2n) is 8.64. The van der Waals surface area contributed by atoms with Crippen LogP contribution in [0.4, 0.5) is 11.6 Å². The van der Waals surface area contributed by atoms with Crippen LogP contribution >= 0.6 is 0 Å². The van der Waals surface area contributed by atoms with Gasteiger partial charge in [0.1, 0.15) is 5.69 Å². The van der Waals surface area contributed by atoms with Crippen molar-refractivity contribution in [3.8, 4) is 11.6 Å². The first kappa shape index (κ1) is 25.7. The zero-order valence-electron chi connectivity index (χ0n) is 20.4. The predicted molar refractivity (Wildman–Crippen MR) is 121 cm³/mol. The van der Waals surface area contributed by atoms with Gasteiger partial charge >= 0.3 is 0 Å². The van der Waals surface area contributed by atoms with Gasteiger partial charge in [0.05, 0.1) is 29.2 Å². The Labute approximate surface area is 203 Å². The molecule has 2 amide bonds. The zero-order chi connectivity index (χ0) is 26.7. The normalized spacial score (nSPS) is 11.5. The van der Waals surface area contributed by atoms with Crippen molar-refractivity contribution in [3.63, 3.8) is 0 Å². The largest absolute Gasteiger partial charge is 0.378 e. The summed E-state index contributed by atoms with van der Waals surface area (Å²) in [5, 5.41) is 35.2. The molecule has 0 aromatic carbocycles. The molecule has 4 rings (SSSR count). The molecule has 0 spiro atoms. The number of carbonyl (C=O) groups is 2. The van der Waals surface area contributed by atoms with Crippen LogP contribution in [0.5, 0.6) is 0 Å². The molecule has 4 heterocycles. The SMILES string of the molecule is CC(=O)NC(C)(C)c1cn(-c2nonc2N)nn1.CC(=O)NC(C)(C)c1cnnn1-c1nonc1N. The van der Waals surface area contributed by atoms with Crippen molar-refractivity contribution in [1.82, 2.24) is 61.2 Å². The highest BCUT2D eigenvalue weighted by atomic mass is 16.6. The Bertz CT molecular complexity index is 1350. The highest BCUT2D eigenvalue weighted by molar-refractivity contribution is 5.74. The second kappa shape index (κ2) is 9.76. The number of amides is 2. The van der Waals surface area contributed by atoms with Crippen molar-refractivity contribution in [1.29, 1.82) is 0 Å². The van der Waals surface area contributed by atoms with Gasteiger partial charge in [0.2, 0.25) is 35.1 Å². The third-order valence-electron chi connectivity index (χ3n) is 4.71. The molecule has 18 nitrogen and oxygen atoms in total. The van der Waals surface area contributed by atoms with E-state index < -0.39 is 11.1 Å². The molecule has 0 aliphatic heterocycles. The molecule has 0 bridgehead atoms. The Hall–Kier alpha value is -4.90. The van der Waals surface area contributed by atoms with E-state index in [1.54, 1.807) is 6.20 Å². The number of carbonyl (C=O) groups excluding carboxylic acids is 2. The number of nitrogens with two attached hydrogens (primary N) is 2. The van der Waals surface area contributed by atoms with E-state index in [1.807, 2.05) is 27.7 Å². The maximum absolute atomic E-state index is 11.2. The Morgan fingerprint density at radius 3 is 1.94 bits per heavy atom. The summed E-state index contributed by atoms with van der Waals surface area (Å²) in [6.45, 7) is 10.1. The minimum Gasteiger partial charge on any atom is -0.378 e. The maximum atomic E-state index is 11.2. The van der Waals surface area contributed by atoms with Crippen molar-refractivity contribution >= 4 is 23.5 Å². The monoisotopic (exact) mass is 502 g/mol. The number of nitrogens with one attached hydrogen (secondary N) is 2. The van der Waals surface area contributed by atoms with Crippen molar-refractivity contribution in [2.45, 2.75) is 52.6 Å². The van der Waals surface area contributed by atoms with E-state index in [9.17, 15) is 9.59 Å². The van der Waals surface area contributed by atoms with E-state index in [1.165, 1.54) is 29.4 Å². The average Bonchev–Trinajstić information content (AvgIpc) is 3.53. The number of rotatable bonds is 6. The lowest BCUT2D eigenvalue weighted by atomic mass is 10.0. The lowest BCUT2D eigenvalue weighted by Crippen LogP contribution is -2.41. The first-order chi connectivity index (χ1) is 16.8. The average molecular weight is 503 g/mol. The molecule has 18 heteroatoms. The molecular formula is C18H26N14O4. The third kappa shape index (κ3) is 5.59. The van der Waals surface area contributed by atoms with Gasteiger partial charge in [-0.05, 0) is 48.3 Å². The molecule has 6 N–H and O–H groups in total. The standard InChI is InChI=1S/2C9H13N7O2/c1-5(17)11-9(2,3)6-4-16(15-12-6)8-7(10)13-18-14-8;1-5(17)12-9(2,3)6-4-11-15-16(6)8-7(10)13-18-14-8/h4H,1-3H3,(H2,10,13)(H,11,17);4H,1-3H3,(H2,10,13)(H,12,17). The van der Waals surface area contributed by atoms with E-state index in [0.717, 1.165) is 0 Å². The molecule has 0 fully saturated rings. The van der Waals surface area contributed by atoms with E-state index in [-0.39, 0.29) is 35.1 Å². The molecule has 0 radical (unpaired) electrons. The van der Waals surface area contributed by atoms with E-state index in [0.29, 0.717) is 11.4 Å². The molecule has 0 saturated heterocycles. The van der Waals surface area contributed by atoms with Crippen molar-refractivity contribution < 1.29 is 18.8 Å². The summed E-state index contributed by atoms with van der Waals surface area (Å²) in [7, 11) is 0. The molecule has 0 atom stereocenters. The highest BCUT2D eigenvalue weighted by Gasteiger charge is 2.29. The van der Waals surface area contributed by atoms with Crippen LogP contribution in [0.25, 0.3) is 11.6 Å². The summed E-state index contributed by atoms with van der Waals surface area (Å²) in [5.74, 6) is 0.383. The minimum atomic E-state index is -0.680. The summed E-state index contributed by atoms with van der Waals surface area (Å²) in [5.41, 5.74) is 11.0. The fourth-order valence-electron chi connectivity index (χ4n) is 3.17. The fraction of sp³-hybridized carbons (Fsp3) is 0.444. The Morgan fingerprint density at radius 1 is 0.861 bits per heavy atom. The maximum Gasteiger partial charge on any atom is 0.243 e. The van der Waals surface area contributed by atoms with Crippen LogP contribution in [0.1, 0.15) is 52.9 Å². The van der Waals surface area contributed by atoms with E-state index in [2.05, 4.69) is 61.1 Å². The van der Waals surface area contributed by atoms with Crippen LogP contribution < -0.4 is 22.1 Å². The number of aromatic nitrogens is 10. The summed E-state index contributed by atoms with van der Waals surface area (Å²) >= 11 is 0. The Morgan fingerprint density at radius 2 is 1.42 bits per heavy atom. The zero-order valence-corrected chi connectivity index (χ0v) is 20.4. The van der Waals surface area contributed by atoms with Gasteiger partial charge in [-0.1, -0.05) is 10.4 Å². The molecule has 36 heavy (non-hydrogen) atoms. The molecular weight excluding hydrogens is 476 g/mol. The second-order valence-corrected chi connectivity index (χ2v) is 8.64. The summed E-state index contributed by atoms with van der Waals surface area (Å²) in [4.78, 5) is 22.3. The predicted octanol–water partition coefficient (Wildman–Crippen LogP) is -0.793. The summed E-state index contributed by atoms with van der Waals surface area (Å²) in [6.07, 6.45) is 3.12. The third-order valence-corrected chi connectivity index (χ3v) is 4.71. The Kier molecular flexibility index (Phi) is 6.97. The molecule has 0 saturated carbocycles. The number of anilines is 2. The van der Waals surface area contributed by atoms with Gasteiger partial charge in [0, 0.05) is 13.8 Å². The van der Waals surface area contributed by atoms with E-state index >= 15 is 0 Å². The summed E-state index contributed by atoms with van der Waals surface area (Å²) < 4.78 is 11.7. The highest BCUT2D eigenvalue weighted by Crippen LogP contribution is 2.23. The minimum absolute atomic E-state index is 0.0976. The molecule has 4 aromatic heterocycles. The van der Waals surface area contributed by atoms with Crippen LogP contribution in [0.3, 0.4) is 0 Å². The van der Waals surface area contributed by atoms with Crippen molar-refractivity contribution in [3.05, 3.63) is 23.8 Å². The van der Waals surface area contributed by atoms with Crippen molar-refractivity contribution in [2.24, 2.45) is 0 Å². The quantitative estimate of drug-likeness (QED) is 0.252. The molecule has 4 aromatic rings. The van der Waals surface area contributed by atoms with Gasteiger partial charge in [-0.3, -0.25) is 9.59 Å². The van der Waals surface area contributed by atoms with Crippen LogP contribution in [0, 0.1) is 0 Å². The smallest absolute Gasteiger partial charge is 0.243 e.